The van der Waals surface area contributed by atoms with Gasteiger partial charge in [-0.15, -0.1) is 0 Å². The van der Waals surface area contributed by atoms with Crippen LogP contribution in [-0.2, 0) is 0 Å². The van der Waals surface area contributed by atoms with Crippen molar-refractivity contribution in [2.45, 2.75) is 12.8 Å². The number of benzene rings is 1. The van der Waals surface area contributed by atoms with Gasteiger partial charge in [-0.1, -0.05) is 27.5 Å². The Hall–Kier alpha value is -0.680. The maximum Gasteiger partial charge on any atom is 0.262 e. The Bertz CT molecular complexity index is 406. The maximum atomic E-state index is 12.5. The Labute approximate surface area is 105 Å². The fourth-order valence-electron chi connectivity index (χ4n) is 1.00. The van der Waals surface area contributed by atoms with Gasteiger partial charge < -0.3 is 5.32 Å². The highest BCUT2D eigenvalue weighted by Crippen LogP contribution is 2.21. The van der Waals surface area contributed by atoms with Gasteiger partial charge in [0, 0.05) is 11.4 Å². The highest BCUT2D eigenvalue weighted by atomic mass is 79.9. The van der Waals surface area contributed by atoms with Crippen LogP contribution in [0.25, 0.3) is 0 Å². The Balaban J connectivity index is 2.77. The van der Waals surface area contributed by atoms with E-state index in [4.69, 9.17) is 11.6 Å². The molecule has 0 aromatic heterocycles. The monoisotopic (exact) mass is 311 g/mol. The molecule has 0 bridgehead atoms. The summed E-state index contributed by atoms with van der Waals surface area (Å²) in [6.07, 6.45) is 0. The molecule has 0 aliphatic rings. The molecule has 16 heavy (non-hydrogen) atoms. The van der Waals surface area contributed by atoms with E-state index < -0.39 is 18.4 Å². The van der Waals surface area contributed by atoms with E-state index in [2.05, 4.69) is 21.2 Å². The summed E-state index contributed by atoms with van der Waals surface area (Å²) >= 11 is 8.94. The normalized spacial score (nSPS) is 11.3. The quantitative estimate of drug-likeness (QED) is 0.909. The zero-order valence-electron chi connectivity index (χ0n) is 8.36. The molecule has 1 aromatic rings. The minimum Gasteiger partial charge on any atom is -0.346 e. The second-order valence-corrected chi connectivity index (χ2v) is 4.70. The minimum atomic E-state index is -2.94. The minimum absolute atomic E-state index is 0.167. The van der Waals surface area contributed by atoms with E-state index in [0.29, 0.717) is 4.47 Å². The third-order valence-corrected chi connectivity index (χ3v) is 2.56. The number of hydrogen-bond acceptors (Lipinski definition) is 1. The lowest BCUT2D eigenvalue weighted by molar-refractivity contribution is 0.0221. The molecule has 1 N–H and O–H groups in total. The van der Waals surface area contributed by atoms with Gasteiger partial charge in [0.2, 0.25) is 0 Å². The van der Waals surface area contributed by atoms with Crippen LogP contribution in [0.2, 0.25) is 5.02 Å². The third-order valence-electron chi connectivity index (χ3n) is 1.73. The van der Waals surface area contributed by atoms with Gasteiger partial charge in [0.25, 0.3) is 11.8 Å². The average molecular weight is 313 g/mol. The van der Waals surface area contributed by atoms with E-state index >= 15 is 0 Å². The number of alkyl halides is 2. The van der Waals surface area contributed by atoms with Crippen molar-refractivity contribution in [3.05, 3.63) is 33.3 Å². The molecule has 0 heterocycles. The van der Waals surface area contributed by atoms with Gasteiger partial charge in [0.05, 0.1) is 17.1 Å². The van der Waals surface area contributed by atoms with Crippen LogP contribution in [0.4, 0.5) is 8.78 Å². The second-order valence-electron chi connectivity index (χ2n) is 3.38. The average Bonchev–Trinajstić information content (AvgIpc) is 2.17. The molecule has 2 nitrogen and oxygen atoms in total. The number of halogens is 4. The van der Waals surface area contributed by atoms with Crippen LogP contribution in [0.1, 0.15) is 17.3 Å². The number of carbonyl (C=O) groups excluding carboxylic acids is 1. The maximum absolute atomic E-state index is 12.5. The van der Waals surface area contributed by atoms with Gasteiger partial charge in [-0.2, -0.15) is 0 Å². The summed E-state index contributed by atoms with van der Waals surface area (Å²) in [5.74, 6) is -3.55. The van der Waals surface area contributed by atoms with Crippen LogP contribution < -0.4 is 5.32 Å². The summed E-state index contributed by atoms with van der Waals surface area (Å²) < 4.78 is 25.7. The predicted octanol–water partition coefficient (Wildman–Crippen LogP) is 3.49. The second kappa shape index (κ2) is 5.10. The lowest BCUT2D eigenvalue weighted by atomic mass is 10.2. The Morgan fingerprint density at radius 3 is 2.75 bits per heavy atom. The van der Waals surface area contributed by atoms with Crippen LogP contribution in [0, 0.1) is 0 Å². The smallest absolute Gasteiger partial charge is 0.262 e. The number of amides is 1. The molecule has 6 heteroatoms. The molecule has 0 atom stereocenters. The highest BCUT2D eigenvalue weighted by Gasteiger charge is 2.22. The number of nitrogens with one attached hydrogen (secondary N) is 1. The molecule has 1 amide bonds. The molecule has 0 unspecified atom stereocenters. The van der Waals surface area contributed by atoms with Gasteiger partial charge in [-0.3, -0.25) is 4.79 Å². The van der Waals surface area contributed by atoms with E-state index in [9.17, 15) is 13.6 Å². The molecule has 0 aliphatic heterocycles. The van der Waals surface area contributed by atoms with E-state index in [0.717, 1.165) is 6.92 Å². The summed E-state index contributed by atoms with van der Waals surface area (Å²) in [6.45, 7) is 0.0183. The SMILES string of the molecule is CC(F)(F)CNC(=O)c1cc(Br)ccc1Cl. The fourth-order valence-corrected chi connectivity index (χ4v) is 1.57. The van der Waals surface area contributed by atoms with Gasteiger partial charge in [-0.25, -0.2) is 8.78 Å². The number of hydrogen-bond donors (Lipinski definition) is 1. The van der Waals surface area contributed by atoms with Gasteiger partial charge >= 0.3 is 0 Å². The van der Waals surface area contributed by atoms with Gasteiger partial charge in [0.15, 0.2) is 0 Å². The number of carbonyl (C=O) groups is 1. The van der Waals surface area contributed by atoms with E-state index in [-0.39, 0.29) is 10.6 Å². The molecule has 0 spiro atoms. The lowest BCUT2D eigenvalue weighted by Gasteiger charge is -2.12. The van der Waals surface area contributed by atoms with Crippen molar-refractivity contribution in [2.75, 3.05) is 6.54 Å². The topological polar surface area (TPSA) is 29.1 Å². The molecule has 1 rings (SSSR count). The van der Waals surface area contributed by atoms with Crippen molar-refractivity contribution < 1.29 is 13.6 Å². The molecule has 1 aromatic carbocycles. The molecule has 0 radical (unpaired) electrons. The van der Waals surface area contributed by atoms with Crippen molar-refractivity contribution in [3.8, 4) is 0 Å². The molecule has 0 saturated carbocycles. The first-order valence-electron chi connectivity index (χ1n) is 4.41. The van der Waals surface area contributed by atoms with Gasteiger partial charge in [-0.05, 0) is 18.2 Å². The van der Waals surface area contributed by atoms with E-state index in [1.54, 1.807) is 6.07 Å². The van der Waals surface area contributed by atoms with Crippen molar-refractivity contribution in [1.82, 2.24) is 5.32 Å². The summed E-state index contributed by atoms with van der Waals surface area (Å²) in [4.78, 5) is 11.5. The van der Waals surface area contributed by atoms with Crippen molar-refractivity contribution in [2.24, 2.45) is 0 Å². The molecule has 0 fully saturated rings. The highest BCUT2D eigenvalue weighted by molar-refractivity contribution is 9.10. The Morgan fingerprint density at radius 1 is 1.56 bits per heavy atom. The van der Waals surface area contributed by atoms with Gasteiger partial charge in [0.1, 0.15) is 0 Å². The van der Waals surface area contributed by atoms with Crippen molar-refractivity contribution in [1.29, 1.82) is 0 Å². The van der Waals surface area contributed by atoms with E-state index in [1.165, 1.54) is 12.1 Å². The van der Waals surface area contributed by atoms with Crippen LogP contribution in [-0.4, -0.2) is 18.4 Å². The van der Waals surface area contributed by atoms with Crippen molar-refractivity contribution in [3.63, 3.8) is 0 Å². The molecular formula is C10H9BrClF2NO. The summed E-state index contributed by atoms with van der Waals surface area (Å²) in [6, 6.07) is 4.66. The first kappa shape index (κ1) is 13.4. The summed E-state index contributed by atoms with van der Waals surface area (Å²) in [7, 11) is 0. The summed E-state index contributed by atoms with van der Waals surface area (Å²) in [5.41, 5.74) is 0.167. The molecular weight excluding hydrogens is 303 g/mol. The van der Waals surface area contributed by atoms with E-state index in [1.807, 2.05) is 0 Å². The standard InChI is InChI=1S/C10H9BrClF2NO/c1-10(13,14)5-15-9(16)7-4-6(11)2-3-8(7)12/h2-4H,5H2,1H3,(H,15,16). The Kier molecular flexibility index (Phi) is 4.27. The third kappa shape index (κ3) is 4.06. The predicted molar refractivity (Wildman–Crippen MR) is 62.1 cm³/mol. The lowest BCUT2D eigenvalue weighted by Crippen LogP contribution is -2.34. The Morgan fingerprint density at radius 2 is 2.19 bits per heavy atom. The fraction of sp³-hybridized carbons (Fsp3) is 0.300. The van der Waals surface area contributed by atoms with Crippen LogP contribution in [0.3, 0.4) is 0 Å². The van der Waals surface area contributed by atoms with Crippen LogP contribution >= 0.6 is 27.5 Å². The van der Waals surface area contributed by atoms with Crippen molar-refractivity contribution >= 4 is 33.4 Å². The molecule has 0 aliphatic carbocycles. The zero-order chi connectivity index (χ0) is 12.3. The zero-order valence-corrected chi connectivity index (χ0v) is 10.7. The first-order valence-corrected chi connectivity index (χ1v) is 5.58. The largest absolute Gasteiger partial charge is 0.346 e. The first-order chi connectivity index (χ1) is 7.29. The molecule has 0 saturated heterocycles. The summed E-state index contributed by atoms with van der Waals surface area (Å²) in [5, 5.41) is 2.34. The molecule has 88 valence electrons. The number of rotatable bonds is 3. The van der Waals surface area contributed by atoms with Crippen LogP contribution in [0.5, 0.6) is 0 Å². The van der Waals surface area contributed by atoms with Crippen LogP contribution in [0.15, 0.2) is 22.7 Å².